The predicted molar refractivity (Wildman–Crippen MR) is 96.8 cm³/mol. The molecular formula is C20H17ClS. The Bertz CT molecular complexity index is 718. The fraction of sp³-hybridized carbons (Fsp3) is 0.100. The Morgan fingerprint density at radius 2 is 1.32 bits per heavy atom. The van der Waals surface area contributed by atoms with Gasteiger partial charge in [0.15, 0.2) is 0 Å². The van der Waals surface area contributed by atoms with Gasteiger partial charge in [0.05, 0.1) is 5.25 Å². The largest absolute Gasteiger partial charge is 0.113 e. The van der Waals surface area contributed by atoms with Crippen molar-refractivity contribution in [3.63, 3.8) is 0 Å². The van der Waals surface area contributed by atoms with Crippen molar-refractivity contribution in [2.24, 2.45) is 0 Å². The Hall–Kier alpha value is -1.70. The molecule has 1 atom stereocenters. The van der Waals surface area contributed by atoms with E-state index in [1.165, 1.54) is 21.6 Å². The van der Waals surface area contributed by atoms with E-state index in [0.29, 0.717) is 0 Å². The Balaban J connectivity index is 1.96. The van der Waals surface area contributed by atoms with E-state index in [4.69, 9.17) is 11.6 Å². The van der Waals surface area contributed by atoms with Crippen molar-refractivity contribution in [1.82, 2.24) is 0 Å². The average molecular weight is 325 g/mol. The summed E-state index contributed by atoms with van der Waals surface area (Å²) in [6, 6.07) is 27.4. The van der Waals surface area contributed by atoms with Gasteiger partial charge in [0.1, 0.15) is 0 Å². The molecule has 0 nitrogen and oxygen atoms in total. The second-order valence-corrected chi connectivity index (χ2v) is 6.89. The van der Waals surface area contributed by atoms with Crippen molar-refractivity contribution in [3.05, 3.63) is 101 Å². The van der Waals surface area contributed by atoms with E-state index >= 15 is 0 Å². The molecule has 0 bridgehead atoms. The van der Waals surface area contributed by atoms with Crippen molar-refractivity contribution in [1.29, 1.82) is 0 Å². The summed E-state index contributed by atoms with van der Waals surface area (Å²) in [7, 11) is 0. The number of hydrogen-bond donors (Lipinski definition) is 0. The standard InChI is InChI=1S/C20H17ClS/c1-15-7-13-19(14-8-15)22-20(16-5-3-2-4-6-16)17-9-11-18(21)12-10-17/h2-14,20H,1H3/t20-/m1/s1. The molecule has 22 heavy (non-hydrogen) atoms. The highest BCUT2D eigenvalue weighted by molar-refractivity contribution is 7.99. The molecule has 2 heteroatoms. The van der Waals surface area contributed by atoms with Crippen LogP contribution in [0.2, 0.25) is 5.02 Å². The lowest BCUT2D eigenvalue weighted by molar-refractivity contribution is 1.15. The summed E-state index contributed by atoms with van der Waals surface area (Å²) in [5.41, 5.74) is 3.85. The minimum Gasteiger partial charge on any atom is -0.113 e. The van der Waals surface area contributed by atoms with Crippen LogP contribution >= 0.6 is 23.4 Å². The summed E-state index contributed by atoms with van der Waals surface area (Å²) in [4.78, 5) is 1.27. The van der Waals surface area contributed by atoms with E-state index in [1.807, 2.05) is 23.9 Å². The molecular weight excluding hydrogens is 308 g/mol. The molecule has 0 saturated heterocycles. The van der Waals surface area contributed by atoms with Crippen molar-refractivity contribution in [3.8, 4) is 0 Å². The molecule has 3 rings (SSSR count). The van der Waals surface area contributed by atoms with Crippen LogP contribution in [0.25, 0.3) is 0 Å². The summed E-state index contributed by atoms with van der Waals surface area (Å²) >= 11 is 7.90. The van der Waals surface area contributed by atoms with Crippen molar-refractivity contribution in [2.45, 2.75) is 17.1 Å². The third-order valence-electron chi connectivity index (χ3n) is 3.55. The maximum atomic E-state index is 6.03. The molecule has 0 saturated carbocycles. The lowest BCUT2D eigenvalue weighted by Crippen LogP contribution is -1.96. The van der Waals surface area contributed by atoms with E-state index in [0.717, 1.165) is 5.02 Å². The number of thioether (sulfide) groups is 1. The predicted octanol–water partition coefficient (Wildman–Crippen LogP) is 6.53. The third kappa shape index (κ3) is 3.73. The molecule has 0 aliphatic carbocycles. The van der Waals surface area contributed by atoms with Gasteiger partial charge in [-0.05, 0) is 42.3 Å². The maximum Gasteiger partial charge on any atom is 0.0593 e. The Morgan fingerprint density at radius 3 is 1.95 bits per heavy atom. The summed E-state index contributed by atoms with van der Waals surface area (Å²) in [5, 5.41) is 1.04. The minimum atomic E-state index is 0.265. The lowest BCUT2D eigenvalue weighted by Gasteiger charge is -2.18. The first-order valence-electron chi connectivity index (χ1n) is 7.26. The molecule has 0 spiro atoms. The normalized spacial score (nSPS) is 12.1. The molecule has 0 heterocycles. The van der Waals surface area contributed by atoms with Gasteiger partial charge in [-0.1, -0.05) is 71.8 Å². The van der Waals surface area contributed by atoms with Gasteiger partial charge in [0.2, 0.25) is 0 Å². The number of halogens is 1. The van der Waals surface area contributed by atoms with Crippen molar-refractivity contribution < 1.29 is 0 Å². The molecule has 0 N–H and O–H groups in total. The van der Waals surface area contributed by atoms with Crippen LogP contribution in [0.5, 0.6) is 0 Å². The highest BCUT2D eigenvalue weighted by atomic mass is 35.5. The molecule has 0 amide bonds. The van der Waals surface area contributed by atoms with Crippen LogP contribution in [-0.2, 0) is 0 Å². The van der Waals surface area contributed by atoms with Crippen LogP contribution in [-0.4, -0.2) is 0 Å². The van der Waals surface area contributed by atoms with E-state index in [1.54, 1.807) is 0 Å². The van der Waals surface area contributed by atoms with Gasteiger partial charge in [0, 0.05) is 9.92 Å². The molecule has 3 aromatic rings. The maximum absolute atomic E-state index is 6.03. The number of benzene rings is 3. The average Bonchev–Trinajstić information content (AvgIpc) is 2.56. The van der Waals surface area contributed by atoms with Gasteiger partial charge in [0.25, 0.3) is 0 Å². The Morgan fingerprint density at radius 1 is 0.727 bits per heavy atom. The zero-order chi connectivity index (χ0) is 15.4. The highest BCUT2D eigenvalue weighted by Gasteiger charge is 2.15. The van der Waals surface area contributed by atoms with Crippen LogP contribution in [0.15, 0.2) is 83.8 Å². The quantitative estimate of drug-likeness (QED) is 0.491. The van der Waals surface area contributed by atoms with Crippen molar-refractivity contribution >= 4 is 23.4 Å². The Labute approximate surface area is 141 Å². The fourth-order valence-electron chi connectivity index (χ4n) is 2.35. The van der Waals surface area contributed by atoms with Gasteiger partial charge < -0.3 is 0 Å². The van der Waals surface area contributed by atoms with Crippen LogP contribution in [0, 0.1) is 6.92 Å². The van der Waals surface area contributed by atoms with Crippen molar-refractivity contribution in [2.75, 3.05) is 0 Å². The summed E-state index contributed by atoms with van der Waals surface area (Å²) in [6.07, 6.45) is 0. The van der Waals surface area contributed by atoms with E-state index in [9.17, 15) is 0 Å². The SMILES string of the molecule is Cc1ccc(S[C@H](c2ccccc2)c2ccc(Cl)cc2)cc1. The minimum absolute atomic E-state index is 0.265. The van der Waals surface area contributed by atoms with Crippen LogP contribution < -0.4 is 0 Å². The molecule has 0 aromatic heterocycles. The summed E-state index contributed by atoms with van der Waals surface area (Å²) in [5.74, 6) is 0. The molecule has 0 aliphatic heterocycles. The zero-order valence-electron chi connectivity index (χ0n) is 12.4. The Kier molecular flexibility index (Phi) is 4.87. The van der Waals surface area contributed by atoms with E-state index in [-0.39, 0.29) is 5.25 Å². The van der Waals surface area contributed by atoms with Gasteiger partial charge in [-0.25, -0.2) is 0 Å². The molecule has 0 fully saturated rings. The second kappa shape index (κ2) is 7.04. The summed E-state index contributed by atoms with van der Waals surface area (Å²) < 4.78 is 0. The van der Waals surface area contributed by atoms with Crippen LogP contribution in [0.4, 0.5) is 0 Å². The number of hydrogen-bond acceptors (Lipinski definition) is 1. The molecule has 0 unspecified atom stereocenters. The summed E-state index contributed by atoms with van der Waals surface area (Å²) in [6.45, 7) is 2.11. The molecule has 0 radical (unpaired) electrons. The lowest BCUT2D eigenvalue weighted by atomic mass is 10.0. The van der Waals surface area contributed by atoms with E-state index in [2.05, 4.69) is 73.7 Å². The van der Waals surface area contributed by atoms with Gasteiger partial charge >= 0.3 is 0 Å². The first-order valence-corrected chi connectivity index (χ1v) is 8.52. The van der Waals surface area contributed by atoms with Gasteiger partial charge in [-0.15, -0.1) is 11.8 Å². The topological polar surface area (TPSA) is 0 Å². The smallest absolute Gasteiger partial charge is 0.0593 e. The van der Waals surface area contributed by atoms with Crippen LogP contribution in [0.1, 0.15) is 21.9 Å². The van der Waals surface area contributed by atoms with E-state index < -0.39 is 0 Å². The first kappa shape index (κ1) is 15.2. The highest BCUT2D eigenvalue weighted by Crippen LogP contribution is 2.40. The third-order valence-corrected chi connectivity index (χ3v) is 5.13. The second-order valence-electron chi connectivity index (χ2n) is 5.27. The van der Waals surface area contributed by atoms with Crippen LogP contribution in [0.3, 0.4) is 0 Å². The molecule has 110 valence electrons. The van der Waals surface area contributed by atoms with Gasteiger partial charge in [-0.3, -0.25) is 0 Å². The zero-order valence-corrected chi connectivity index (χ0v) is 13.9. The number of aryl methyl sites for hydroxylation is 1. The number of rotatable bonds is 4. The molecule has 3 aromatic carbocycles. The molecule has 0 aliphatic rings. The van der Waals surface area contributed by atoms with Gasteiger partial charge in [-0.2, -0.15) is 0 Å². The monoisotopic (exact) mass is 324 g/mol. The first-order chi connectivity index (χ1) is 10.7. The fourth-order valence-corrected chi connectivity index (χ4v) is 3.62.